The van der Waals surface area contributed by atoms with Crippen molar-refractivity contribution >= 4 is 28.9 Å². The van der Waals surface area contributed by atoms with Crippen molar-refractivity contribution in [3.05, 3.63) is 54.3 Å². The van der Waals surface area contributed by atoms with Gasteiger partial charge in [0.15, 0.2) is 13.1 Å². The van der Waals surface area contributed by atoms with Crippen molar-refractivity contribution in [1.82, 2.24) is 0 Å². The number of carbonyl (C=O) groups excluding carboxylic acids is 2. The first-order valence-corrected chi connectivity index (χ1v) is 10.8. The summed E-state index contributed by atoms with van der Waals surface area (Å²) in [6.07, 6.45) is 0. The second kappa shape index (κ2) is 10.9. The average molecular weight is 430 g/mol. The van der Waals surface area contributed by atoms with Crippen molar-refractivity contribution in [3.8, 4) is 0 Å². The fraction of sp³-hybridized carbons (Fsp3) is 0.391. The van der Waals surface area contributed by atoms with Gasteiger partial charge < -0.3 is 25.3 Å². The van der Waals surface area contributed by atoms with Gasteiger partial charge in [-0.05, 0) is 49.4 Å². The maximum Gasteiger partial charge on any atom is 0.279 e. The molecule has 0 bridgehead atoms. The third-order valence-corrected chi connectivity index (χ3v) is 5.52. The smallest absolute Gasteiger partial charge is 0.279 e. The van der Waals surface area contributed by atoms with Crippen LogP contribution < -0.4 is 25.3 Å². The van der Waals surface area contributed by atoms with Crippen molar-refractivity contribution in [2.45, 2.75) is 6.92 Å². The Hall–Kier alpha value is -2.97. The molecule has 0 aliphatic carbocycles. The Morgan fingerprint density at radius 1 is 1.00 bits per heavy atom. The van der Waals surface area contributed by atoms with Crippen molar-refractivity contribution in [2.24, 2.45) is 0 Å². The second-order valence-electron chi connectivity index (χ2n) is 8.05. The molecular weight excluding hydrogens is 397 g/mol. The van der Waals surface area contributed by atoms with Crippen LogP contribution in [0.1, 0.15) is 6.92 Å². The summed E-state index contributed by atoms with van der Waals surface area (Å²) in [5.74, 6) is -0.845. The van der Waals surface area contributed by atoms with E-state index < -0.39 is 5.82 Å². The molecule has 0 spiro atoms. The van der Waals surface area contributed by atoms with Crippen LogP contribution in [0, 0.1) is 5.82 Å². The van der Waals surface area contributed by atoms with Crippen LogP contribution in [0.2, 0.25) is 0 Å². The molecule has 2 aromatic rings. The Balaban J connectivity index is 1.43. The average Bonchev–Trinajstić information content (AvgIpc) is 2.74. The number of piperazine rings is 1. The molecule has 1 unspecified atom stereocenters. The molecule has 1 saturated heterocycles. The van der Waals surface area contributed by atoms with Gasteiger partial charge in [0.2, 0.25) is 0 Å². The van der Waals surface area contributed by atoms with Crippen LogP contribution in [0.25, 0.3) is 0 Å². The zero-order chi connectivity index (χ0) is 22.2. The maximum absolute atomic E-state index is 13.2. The van der Waals surface area contributed by atoms with Gasteiger partial charge in [-0.25, -0.2) is 4.39 Å². The second-order valence-corrected chi connectivity index (χ2v) is 8.05. The summed E-state index contributed by atoms with van der Waals surface area (Å²) < 4.78 is 13.2. The Bertz CT molecular complexity index is 882. The zero-order valence-corrected chi connectivity index (χ0v) is 18.2. The standard InChI is InChI=1S/C23H30FN5O2/c1-3-28-11-13-29(14-12-28)21-9-7-19(8-10-21)25-22(30)16-27(2)17-23(31)26-20-6-4-5-18(24)15-20/h4-10,15H,3,11-14,16-17H2,1-2H3,(H,25,30)(H,26,31)/p+2. The number of hydrogen-bond acceptors (Lipinski definition) is 3. The fourth-order valence-electron chi connectivity index (χ4n) is 3.78. The minimum absolute atomic E-state index is 0.106. The largest absolute Gasteiger partial charge is 0.360 e. The van der Waals surface area contributed by atoms with Gasteiger partial charge >= 0.3 is 0 Å². The predicted molar refractivity (Wildman–Crippen MR) is 120 cm³/mol. The number of nitrogens with zero attached hydrogens (tertiary/aromatic N) is 1. The molecule has 1 heterocycles. The van der Waals surface area contributed by atoms with Crippen LogP contribution in [0.3, 0.4) is 0 Å². The molecule has 1 fully saturated rings. The van der Waals surface area contributed by atoms with Crippen LogP contribution in [0.15, 0.2) is 48.5 Å². The number of amides is 2. The van der Waals surface area contributed by atoms with E-state index in [-0.39, 0.29) is 24.9 Å². The summed E-state index contributed by atoms with van der Waals surface area (Å²) in [5, 5.41) is 5.53. The number of carbonyl (C=O) groups is 2. The van der Waals surface area contributed by atoms with E-state index in [1.807, 2.05) is 24.3 Å². The first-order valence-electron chi connectivity index (χ1n) is 10.8. The Morgan fingerprint density at radius 2 is 1.61 bits per heavy atom. The van der Waals surface area contributed by atoms with E-state index >= 15 is 0 Å². The molecule has 2 aromatic carbocycles. The molecule has 166 valence electrons. The summed E-state index contributed by atoms with van der Waals surface area (Å²) in [5.41, 5.74) is 2.31. The zero-order valence-electron chi connectivity index (χ0n) is 18.2. The van der Waals surface area contributed by atoms with Gasteiger partial charge in [0.1, 0.15) is 5.82 Å². The first-order chi connectivity index (χ1) is 14.9. The lowest BCUT2D eigenvalue weighted by atomic mass is 10.2. The highest BCUT2D eigenvalue weighted by molar-refractivity contribution is 5.93. The van der Waals surface area contributed by atoms with E-state index in [0.717, 1.165) is 36.8 Å². The molecule has 0 saturated carbocycles. The first kappa shape index (κ1) is 22.7. The van der Waals surface area contributed by atoms with Gasteiger partial charge in [0.25, 0.3) is 11.8 Å². The summed E-state index contributed by atoms with van der Waals surface area (Å²) in [7, 11) is 1.77. The van der Waals surface area contributed by atoms with Crippen molar-refractivity contribution in [1.29, 1.82) is 0 Å². The van der Waals surface area contributed by atoms with Gasteiger partial charge in [-0.2, -0.15) is 0 Å². The highest BCUT2D eigenvalue weighted by Crippen LogP contribution is 2.17. The van der Waals surface area contributed by atoms with E-state index in [9.17, 15) is 14.0 Å². The lowest BCUT2D eigenvalue weighted by molar-refractivity contribution is -0.898. The van der Waals surface area contributed by atoms with Gasteiger partial charge in [-0.3, -0.25) is 9.59 Å². The summed E-state index contributed by atoms with van der Waals surface area (Å²) in [6.45, 7) is 8.03. The van der Waals surface area contributed by atoms with Crippen LogP contribution >= 0.6 is 0 Å². The molecule has 0 radical (unpaired) electrons. The van der Waals surface area contributed by atoms with Crippen molar-refractivity contribution in [2.75, 3.05) is 68.4 Å². The summed E-state index contributed by atoms with van der Waals surface area (Å²) in [4.78, 5) is 29.2. The van der Waals surface area contributed by atoms with Gasteiger partial charge in [0, 0.05) is 17.1 Å². The minimum atomic E-state index is -0.409. The lowest BCUT2D eigenvalue weighted by Crippen LogP contribution is -3.14. The topological polar surface area (TPSA) is 70.3 Å². The van der Waals surface area contributed by atoms with E-state index in [0.29, 0.717) is 5.69 Å². The molecule has 8 heteroatoms. The van der Waals surface area contributed by atoms with Crippen LogP contribution in [-0.2, 0) is 9.59 Å². The number of halogens is 1. The van der Waals surface area contributed by atoms with E-state index in [1.165, 1.54) is 30.4 Å². The van der Waals surface area contributed by atoms with E-state index in [2.05, 4.69) is 22.5 Å². The normalized spacial score (nSPS) is 15.4. The molecular formula is C23H32FN5O2+2. The van der Waals surface area contributed by atoms with Crippen LogP contribution in [0.5, 0.6) is 0 Å². The van der Waals surface area contributed by atoms with Crippen LogP contribution in [-0.4, -0.2) is 64.7 Å². The molecule has 31 heavy (non-hydrogen) atoms. The third-order valence-electron chi connectivity index (χ3n) is 5.52. The fourth-order valence-corrected chi connectivity index (χ4v) is 3.78. The van der Waals surface area contributed by atoms with Crippen molar-refractivity contribution in [3.63, 3.8) is 0 Å². The summed E-state index contributed by atoms with van der Waals surface area (Å²) >= 11 is 0. The number of quaternary nitrogens is 2. The van der Waals surface area contributed by atoms with E-state index in [4.69, 9.17) is 0 Å². The number of hydrogen-bond donors (Lipinski definition) is 4. The lowest BCUT2D eigenvalue weighted by Gasteiger charge is -2.33. The number of benzene rings is 2. The van der Waals surface area contributed by atoms with Crippen LogP contribution in [0.4, 0.5) is 21.5 Å². The number of nitrogens with one attached hydrogen (secondary N) is 4. The van der Waals surface area contributed by atoms with Gasteiger partial charge in [-0.15, -0.1) is 0 Å². The molecule has 3 rings (SSSR count). The predicted octanol–water partition coefficient (Wildman–Crippen LogP) is -0.358. The van der Waals surface area contributed by atoms with Gasteiger partial charge in [-0.1, -0.05) is 6.07 Å². The molecule has 1 atom stereocenters. The highest BCUT2D eigenvalue weighted by atomic mass is 19.1. The van der Waals surface area contributed by atoms with Gasteiger partial charge in [0.05, 0.1) is 39.8 Å². The third kappa shape index (κ3) is 7.04. The van der Waals surface area contributed by atoms with Crippen molar-refractivity contribution < 1.29 is 23.8 Å². The molecule has 7 nitrogen and oxygen atoms in total. The maximum atomic E-state index is 13.2. The molecule has 0 aromatic heterocycles. The molecule has 2 amide bonds. The number of anilines is 3. The highest BCUT2D eigenvalue weighted by Gasteiger charge is 2.19. The monoisotopic (exact) mass is 429 g/mol. The Labute approximate surface area is 182 Å². The Kier molecular flexibility index (Phi) is 7.97. The minimum Gasteiger partial charge on any atom is -0.360 e. The molecule has 1 aliphatic heterocycles. The number of likely N-dealkylation sites (N-methyl/N-ethyl adjacent to an activating group) is 2. The SMILES string of the molecule is CC[NH+]1CCN(c2ccc(NC(=O)C[NH+](C)CC(=O)Nc3cccc(F)c3)cc2)CC1. The quantitative estimate of drug-likeness (QED) is 0.463. The van der Waals surface area contributed by atoms with E-state index in [1.54, 1.807) is 18.0 Å². The summed E-state index contributed by atoms with van der Waals surface area (Å²) in [6, 6.07) is 13.6. The Morgan fingerprint density at radius 3 is 2.19 bits per heavy atom. The number of rotatable bonds is 8. The molecule has 1 aliphatic rings. The molecule has 4 N–H and O–H groups in total.